The predicted molar refractivity (Wildman–Crippen MR) is 36.2 cm³/mol. The number of hydrogen-bond donors (Lipinski definition) is 0. The van der Waals surface area contributed by atoms with Gasteiger partial charge in [0.05, 0.1) is 6.04 Å². The molecule has 1 heterocycles. The number of likely N-dealkylation sites (tertiary alicyclic amines) is 1. The number of hydrogen-bond acceptors (Lipinski definition) is 2. The smallest absolute Gasteiger partial charge is 0.137 e. The molecule has 0 amide bonds. The fourth-order valence-electron chi connectivity index (χ4n) is 1.14. The Labute approximate surface area is 55.2 Å². The van der Waals surface area contributed by atoms with Crippen LogP contribution in [-0.2, 0) is 4.79 Å². The van der Waals surface area contributed by atoms with Crippen LogP contribution in [-0.4, -0.2) is 30.8 Å². The Hall–Kier alpha value is -0.630. The standard InChI is InChI=1S/C7H11NO/c1-6-3-7(5-9)8(2)4-6/h5,7H,1,3-4H2,2H3/t7-/m0/s1. The second-order valence-electron chi connectivity index (χ2n) is 2.57. The Morgan fingerprint density at radius 3 is 2.78 bits per heavy atom. The first-order chi connectivity index (χ1) is 4.24. The van der Waals surface area contributed by atoms with Crippen LogP contribution in [0.2, 0.25) is 0 Å². The van der Waals surface area contributed by atoms with Gasteiger partial charge >= 0.3 is 0 Å². The molecule has 1 saturated heterocycles. The number of carbonyl (C=O) groups is 1. The van der Waals surface area contributed by atoms with Gasteiger partial charge in [0.1, 0.15) is 6.29 Å². The van der Waals surface area contributed by atoms with Crippen LogP contribution in [0.1, 0.15) is 6.42 Å². The molecule has 1 fully saturated rings. The van der Waals surface area contributed by atoms with Crippen molar-refractivity contribution in [2.75, 3.05) is 13.6 Å². The molecule has 0 unspecified atom stereocenters. The van der Waals surface area contributed by atoms with Crippen molar-refractivity contribution < 1.29 is 4.79 Å². The predicted octanol–water partition coefficient (Wildman–Crippen LogP) is 0.446. The SMILES string of the molecule is C=C1C[C@@H](C=O)N(C)C1. The van der Waals surface area contributed by atoms with Crippen LogP contribution in [0, 0.1) is 0 Å². The Morgan fingerprint density at radius 1 is 1.89 bits per heavy atom. The molecule has 1 rings (SSSR count). The normalized spacial score (nSPS) is 29.0. The van der Waals surface area contributed by atoms with E-state index in [0.29, 0.717) is 0 Å². The zero-order valence-electron chi connectivity index (χ0n) is 5.63. The molecule has 0 aromatic carbocycles. The van der Waals surface area contributed by atoms with Gasteiger partial charge in [-0.3, -0.25) is 4.90 Å². The Morgan fingerprint density at radius 2 is 2.56 bits per heavy atom. The highest BCUT2D eigenvalue weighted by Gasteiger charge is 2.22. The summed E-state index contributed by atoms with van der Waals surface area (Å²) in [6.45, 7) is 4.68. The van der Waals surface area contributed by atoms with Crippen molar-refractivity contribution in [1.82, 2.24) is 4.90 Å². The molecule has 1 atom stereocenters. The molecule has 2 heteroatoms. The summed E-state index contributed by atoms with van der Waals surface area (Å²) in [5, 5.41) is 0. The molecule has 0 bridgehead atoms. The van der Waals surface area contributed by atoms with Crippen LogP contribution in [0.5, 0.6) is 0 Å². The molecular weight excluding hydrogens is 114 g/mol. The van der Waals surface area contributed by atoms with Gasteiger partial charge in [-0.2, -0.15) is 0 Å². The molecule has 50 valence electrons. The lowest BCUT2D eigenvalue weighted by atomic mass is 10.2. The first-order valence-electron chi connectivity index (χ1n) is 3.06. The van der Waals surface area contributed by atoms with E-state index >= 15 is 0 Å². The summed E-state index contributed by atoms with van der Waals surface area (Å²) in [5.74, 6) is 0. The molecule has 1 aliphatic heterocycles. The van der Waals surface area contributed by atoms with Crippen LogP contribution in [0.15, 0.2) is 12.2 Å². The maximum atomic E-state index is 10.3. The molecule has 0 radical (unpaired) electrons. The van der Waals surface area contributed by atoms with E-state index in [9.17, 15) is 4.79 Å². The third-order valence-electron chi connectivity index (χ3n) is 1.69. The average Bonchev–Trinajstić information content (AvgIpc) is 2.10. The van der Waals surface area contributed by atoms with Crippen molar-refractivity contribution in [3.8, 4) is 0 Å². The third-order valence-corrected chi connectivity index (χ3v) is 1.69. The van der Waals surface area contributed by atoms with Crippen molar-refractivity contribution in [3.05, 3.63) is 12.2 Å². The van der Waals surface area contributed by atoms with E-state index in [1.165, 1.54) is 0 Å². The maximum Gasteiger partial charge on any atom is 0.137 e. The molecule has 0 saturated carbocycles. The fraction of sp³-hybridized carbons (Fsp3) is 0.571. The third kappa shape index (κ3) is 1.19. The zero-order chi connectivity index (χ0) is 6.85. The molecular formula is C7H11NO. The van der Waals surface area contributed by atoms with Crippen molar-refractivity contribution >= 4 is 6.29 Å². The minimum absolute atomic E-state index is 0.0949. The van der Waals surface area contributed by atoms with E-state index in [4.69, 9.17) is 0 Å². The summed E-state index contributed by atoms with van der Waals surface area (Å²) in [4.78, 5) is 12.3. The molecule has 0 spiro atoms. The summed E-state index contributed by atoms with van der Waals surface area (Å²) in [7, 11) is 1.94. The lowest BCUT2D eigenvalue weighted by Gasteiger charge is -2.10. The van der Waals surface area contributed by atoms with Crippen LogP contribution in [0.3, 0.4) is 0 Å². The number of carbonyl (C=O) groups excluding carboxylic acids is 1. The van der Waals surface area contributed by atoms with Gasteiger partial charge in [0.15, 0.2) is 0 Å². The van der Waals surface area contributed by atoms with Crippen LogP contribution >= 0.6 is 0 Å². The lowest BCUT2D eigenvalue weighted by Crippen LogP contribution is -2.25. The Bertz CT molecular complexity index is 142. The lowest BCUT2D eigenvalue weighted by molar-refractivity contribution is -0.111. The number of aldehydes is 1. The molecule has 1 aliphatic rings. The number of nitrogens with zero attached hydrogens (tertiary/aromatic N) is 1. The second-order valence-corrected chi connectivity index (χ2v) is 2.57. The summed E-state index contributed by atoms with van der Waals surface area (Å²) < 4.78 is 0. The molecule has 0 aliphatic carbocycles. The molecule has 0 N–H and O–H groups in total. The maximum absolute atomic E-state index is 10.3. The first-order valence-corrected chi connectivity index (χ1v) is 3.06. The highest BCUT2D eigenvalue weighted by atomic mass is 16.1. The Kier molecular flexibility index (Phi) is 1.67. The quantitative estimate of drug-likeness (QED) is 0.374. The summed E-state index contributed by atoms with van der Waals surface area (Å²) >= 11 is 0. The number of rotatable bonds is 1. The van der Waals surface area contributed by atoms with Gasteiger partial charge in [-0.15, -0.1) is 0 Å². The summed E-state index contributed by atoms with van der Waals surface area (Å²) in [6.07, 6.45) is 1.83. The first kappa shape index (κ1) is 6.49. The van der Waals surface area contributed by atoms with E-state index in [1.807, 2.05) is 11.9 Å². The monoisotopic (exact) mass is 125 g/mol. The topological polar surface area (TPSA) is 20.3 Å². The van der Waals surface area contributed by atoms with E-state index in [1.54, 1.807) is 0 Å². The van der Waals surface area contributed by atoms with Gasteiger partial charge in [0.2, 0.25) is 0 Å². The Balaban J connectivity index is 2.57. The van der Waals surface area contributed by atoms with Crippen LogP contribution in [0.4, 0.5) is 0 Å². The second kappa shape index (κ2) is 2.31. The molecule has 0 aromatic rings. The van der Waals surface area contributed by atoms with E-state index < -0.39 is 0 Å². The largest absolute Gasteiger partial charge is 0.302 e. The van der Waals surface area contributed by atoms with Gasteiger partial charge in [-0.05, 0) is 13.5 Å². The summed E-state index contributed by atoms with van der Waals surface area (Å²) in [5.41, 5.74) is 1.16. The highest BCUT2D eigenvalue weighted by Crippen LogP contribution is 2.16. The van der Waals surface area contributed by atoms with Crippen molar-refractivity contribution in [2.45, 2.75) is 12.5 Å². The molecule has 0 aromatic heterocycles. The van der Waals surface area contributed by atoms with Gasteiger partial charge in [0, 0.05) is 6.54 Å². The number of likely N-dealkylation sites (N-methyl/N-ethyl adjacent to an activating group) is 1. The van der Waals surface area contributed by atoms with Crippen molar-refractivity contribution in [2.24, 2.45) is 0 Å². The van der Waals surface area contributed by atoms with Crippen LogP contribution in [0.25, 0.3) is 0 Å². The van der Waals surface area contributed by atoms with Crippen molar-refractivity contribution in [1.29, 1.82) is 0 Å². The van der Waals surface area contributed by atoms with Gasteiger partial charge in [0.25, 0.3) is 0 Å². The van der Waals surface area contributed by atoms with Gasteiger partial charge in [-0.1, -0.05) is 12.2 Å². The highest BCUT2D eigenvalue weighted by molar-refractivity contribution is 5.59. The van der Waals surface area contributed by atoms with E-state index in [2.05, 4.69) is 6.58 Å². The van der Waals surface area contributed by atoms with E-state index in [-0.39, 0.29) is 6.04 Å². The van der Waals surface area contributed by atoms with E-state index in [0.717, 1.165) is 24.8 Å². The molecule has 2 nitrogen and oxygen atoms in total. The molecule has 9 heavy (non-hydrogen) atoms. The average molecular weight is 125 g/mol. The van der Waals surface area contributed by atoms with Crippen molar-refractivity contribution in [3.63, 3.8) is 0 Å². The van der Waals surface area contributed by atoms with Gasteiger partial charge < -0.3 is 4.79 Å². The van der Waals surface area contributed by atoms with Gasteiger partial charge in [-0.25, -0.2) is 0 Å². The fourth-order valence-corrected chi connectivity index (χ4v) is 1.14. The zero-order valence-corrected chi connectivity index (χ0v) is 5.63. The minimum atomic E-state index is 0.0949. The minimum Gasteiger partial charge on any atom is -0.302 e. The van der Waals surface area contributed by atoms with Crippen LogP contribution < -0.4 is 0 Å². The summed E-state index contributed by atoms with van der Waals surface area (Å²) in [6, 6.07) is 0.0949.